The van der Waals surface area contributed by atoms with E-state index in [1.54, 1.807) is 0 Å². The summed E-state index contributed by atoms with van der Waals surface area (Å²) >= 11 is 0. The molecule has 1 saturated carbocycles. The summed E-state index contributed by atoms with van der Waals surface area (Å²) in [6, 6.07) is 8.22. The summed E-state index contributed by atoms with van der Waals surface area (Å²) in [5, 5.41) is 6.08. The Kier molecular flexibility index (Phi) is 7.96. The zero-order chi connectivity index (χ0) is 18.1. The van der Waals surface area contributed by atoms with Crippen molar-refractivity contribution in [1.82, 2.24) is 10.6 Å². The van der Waals surface area contributed by atoms with Crippen molar-refractivity contribution in [3.8, 4) is 0 Å². The summed E-state index contributed by atoms with van der Waals surface area (Å²) in [5.74, 6) is 0.439. The predicted octanol–water partition coefficient (Wildman–Crippen LogP) is 3.72. The van der Waals surface area contributed by atoms with Crippen LogP contribution in [-0.4, -0.2) is 18.4 Å². The molecular weight excluding hydrogens is 312 g/mol. The molecule has 0 saturated heterocycles. The molecule has 0 aliphatic heterocycles. The molecule has 4 heteroatoms. The van der Waals surface area contributed by atoms with Gasteiger partial charge in [0.25, 0.3) is 0 Å². The highest BCUT2D eigenvalue weighted by atomic mass is 16.2. The Morgan fingerprint density at radius 2 is 1.48 bits per heavy atom. The van der Waals surface area contributed by atoms with Crippen LogP contribution in [0.25, 0.3) is 0 Å². The van der Waals surface area contributed by atoms with Crippen LogP contribution in [0.2, 0.25) is 0 Å². The summed E-state index contributed by atoms with van der Waals surface area (Å²) in [6.07, 6.45) is 6.65. The first-order chi connectivity index (χ1) is 12.1. The summed E-state index contributed by atoms with van der Waals surface area (Å²) in [5.41, 5.74) is 2.35. The van der Waals surface area contributed by atoms with Crippen LogP contribution in [0.4, 0.5) is 0 Å². The molecule has 0 bridgehead atoms. The first kappa shape index (κ1) is 19.5. The van der Waals surface area contributed by atoms with E-state index in [-0.39, 0.29) is 23.7 Å². The first-order valence-corrected chi connectivity index (χ1v) is 9.71. The molecule has 0 radical (unpaired) electrons. The predicted molar refractivity (Wildman–Crippen MR) is 101 cm³/mol. The molecular formula is C21H32N2O2. The lowest BCUT2D eigenvalue weighted by atomic mass is 9.81. The van der Waals surface area contributed by atoms with Crippen LogP contribution in [0.5, 0.6) is 0 Å². The fourth-order valence-electron chi connectivity index (χ4n) is 3.39. The Balaban J connectivity index is 1.67. The Morgan fingerprint density at radius 1 is 0.920 bits per heavy atom. The number of unbranched alkanes of at least 4 members (excludes halogenated alkanes) is 2. The van der Waals surface area contributed by atoms with Gasteiger partial charge in [-0.25, -0.2) is 0 Å². The number of hydrogen-bond donors (Lipinski definition) is 2. The summed E-state index contributed by atoms with van der Waals surface area (Å²) in [7, 11) is 0. The zero-order valence-corrected chi connectivity index (χ0v) is 15.6. The highest BCUT2D eigenvalue weighted by molar-refractivity contribution is 5.81. The van der Waals surface area contributed by atoms with Gasteiger partial charge in [-0.15, -0.1) is 0 Å². The van der Waals surface area contributed by atoms with Gasteiger partial charge in [-0.05, 0) is 44.6 Å². The van der Waals surface area contributed by atoms with E-state index in [0.717, 1.165) is 50.6 Å². The lowest BCUT2D eigenvalue weighted by Crippen LogP contribution is -2.37. The number of nitrogens with one attached hydrogen (secondary N) is 2. The first-order valence-electron chi connectivity index (χ1n) is 9.71. The quantitative estimate of drug-likeness (QED) is 0.706. The van der Waals surface area contributed by atoms with E-state index in [1.165, 1.54) is 12.0 Å². The third-order valence-corrected chi connectivity index (χ3v) is 5.14. The van der Waals surface area contributed by atoms with Crippen LogP contribution in [0, 0.1) is 18.8 Å². The van der Waals surface area contributed by atoms with Crippen molar-refractivity contribution < 1.29 is 9.59 Å². The minimum atomic E-state index is 0.0505. The Bertz CT molecular complexity index is 546. The van der Waals surface area contributed by atoms with E-state index in [4.69, 9.17) is 0 Å². The zero-order valence-electron chi connectivity index (χ0n) is 15.6. The second-order valence-electron chi connectivity index (χ2n) is 7.25. The second kappa shape index (κ2) is 10.2. The van der Waals surface area contributed by atoms with Gasteiger partial charge in [-0.3, -0.25) is 9.59 Å². The maximum Gasteiger partial charge on any atom is 0.223 e. The van der Waals surface area contributed by atoms with Gasteiger partial charge >= 0.3 is 0 Å². The molecule has 4 nitrogen and oxygen atoms in total. The van der Waals surface area contributed by atoms with Crippen LogP contribution >= 0.6 is 0 Å². The smallest absolute Gasteiger partial charge is 0.223 e. The highest BCUT2D eigenvalue weighted by Crippen LogP contribution is 2.29. The largest absolute Gasteiger partial charge is 0.356 e. The summed E-state index contributed by atoms with van der Waals surface area (Å²) in [6.45, 7) is 5.58. The van der Waals surface area contributed by atoms with E-state index in [2.05, 4.69) is 48.7 Å². The number of benzene rings is 1. The third-order valence-electron chi connectivity index (χ3n) is 5.14. The molecule has 0 spiro atoms. The molecule has 0 heterocycles. The van der Waals surface area contributed by atoms with Crippen LogP contribution in [0.15, 0.2) is 24.3 Å². The molecule has 1 aliphatic rings. The van der Waals surface area contributed by atoms with Crippen molar-refractivity contribution in [2.75, 3.05) is 6.54 Å². The molecule has 1 aromatic rings. The average Bonchev–Trinajstić information content (AvgIpc) is 2.64. The lowest BCUT2D eigenvalue weighted by Gasteiger charge is -2.27. The van der Waals surface area contributed by atoms with Crippen molar-refractivity contribution in [2.45, 2.75) is 65.3 Å². The van der Waals surface area contributed by atoms with E-state index in [1.807, 2.05) is 0 Å². The fraction of sp³-hybridized carbons (Fsp3) is 0.619. The number of amides is 2. The second-order valence-corrected chi connectivity index (χ2v) is 7.25. The van der Waals surface area contributed by atoms with Gasteiger partial charge < -0.3 is 10.6 Å². The Hall–Kier alpha value is -1.84. The monoisotopic (exact) mass is 344 g/mol. The fourth-order valence-corrected chi connectivity index (χ4v) is 3.39. The molecule has 25 heavy (non-hydrogen) atoms. The Morgan fingerprint density at radius 3 is 2.04 bits per heavy atom. The Labute approximate surface area is 151 Å². The SMILES string of the molecule is CCCCCNC(=O)C1CCC(C(=O)NCc2ccc(C)cc2)CC1. The van der Waals surface area contributed by atoms with Gasteiger partial charge in [-0.1, -0.05) is 49.6 Å². The van der Waals surface area contributed by atoms with Crippen molar-refractivity contribution in [3.63, 3.8) is 0 Å². The number of hydrogen-bond acceptors (Lipinski definition) is 2. The van der Waals surface area contributed by atoms with E-state index >= 15 is 0 Å². The minimum absolute atomic E-state index is 0.0505. The van der Waals surface area contributed by atoms with Gasteiger partial charge in [0.1, 0.15) is 0 Å². The van der Waals surface area contributed by atoms with Crippen LogP contribution in [0.1, 0.15) is 63.0 Å². The van der Waals surface area contributed by atoms with Crippen molar-refractivity contribution in [3.05, 3.63) is 35.4 Å². The van der Waals surface area contributed by atoms with Gasteiger partial charge in [0.15, 0.2) is 0 Å². The van der Waals surface area contributed by atoms with Crippen molar-refractivity contribution >= 4 is 11.8 Å². The van der Waals surface area contributed by atoms with Gasteiger partial charge in [-0.2, -0.15) is 0 Å². The van der Waals surface area contributed by atoms with E-state index in [9.17, 15) is 9.59 Å². The number of carbonyl (C=O) groups is 2. The molecule has 1 aromatic carbocycles. The highest BCUT2D eigenvalue weighted by Gasteiger charge is 2.29. The molecule has 0 unspecified atom stereocenters. The molecule has 2 amide bonds. The van der Waals surface area contributed by atoms with Gasteiger partial charge in [0.2, 0.25) is 11.8 Å². The maximum absolute atomic E-state index is 12.3. The number of carbonyl (C=O) groups excluding carboxylic acids is 2. The standard InChI is InChI=1S/C21H32N2O2/c1-3-4-5-14-22-20(24)18-10-12-19(13-11-18)21(25)23-15-17-8-6-16(2)7-9-17/h6-9,18-19H,3-5,10-15H2,1-2H3,(H,22,24)(H,23,25). The van der Waals surface area contributed by atoms with E-state index in [0.29, 0.717) is 6.54 Å². The topological polar surface area (TPSA) is 58.2 Å². The molecule has 2 N–H and O–H groups in total. The maximum atomic E-state index is 12.3. The number of aryl methyl sites for hydroxylation is 1. The van der Waals surface area contributed by atoms with Crippen molar-refractivity contribution in [1.29, 1.82) is 0 Å². The summed E-state index contributed by atoms with van der Waals surface area (Å²) in [4.78, 5) is 24.5. The minimum Gasteiger partial charge on any atom is -0.356 e. The molecule has 0 aromatic heterocycles. The van der Waals surface area contributed by atoms with Crippen LogP contribution in [-0.2, 0) is 16.1 Å². The molecule has 1 fully saturated rings. The molecule has 0 atom stereocenters. The molecule has 1 aliphatic carbocycles. The lowest BCUT2D eigenvalue weighted by molar-refractivity contribution is -0.130. The molecule has 2 rings (SSSR count). The van der Waals surface area contributed by atoms with Crippen LogP contribution < -0.4 is 10.6 Å². The van der Waals surface area contributed by atoms with Gasteiger partial charge in [0.05, 0.1) is 0 Å². The van der Waals surface area contributed by atoms with Gasteiger partial charge in [0, 0.05) is 24.9 Å². The van der Waals surface area contributed by atoms with Crippen molar-refractivity contribution in [2.24, 2.45) is 11.8 Å². The number of rotatable bonds is 8. The normalized spacial score (nSPS) is 20.1. The summed E-state index contributed by atoms with van der Waals surface area (Å²) < 4.78 is 0. The van der Waals surface area contributed by atoms with E-state index < -0.39 is 0 Å². The molecule has 138 valence electrons. The average molecular weight is 344 g/mol. The van der Waals surface area contributed by atoms with Crippen LogP contribution in [0.3, 0.4) is 0 Å². The third kappa shape index (κ3) is 6.52.